The van der Waals surface area contributed by atoms with Crippen molar-refractivity contribution < 1.29 is 22.8 Å². The van der Waals surface area contributed by atoms with Gasteiger partial charge in [-0.15, -0.1) is 0 Å². The van der Waals surface area contributed by atoms with Crippen LogP contribution >= 0.6 is 0 Å². The van der Waals surface area contributed by atoms with E-state index in [2.05, 4.69) is 10.6 Å². The molecular weight excluding hydrogens is 357 g/mol. The molecule has 0 bridgehead atoms. The van der Waals surface area contributed by atoms with E-state index >= 15 is 0 Å². The van der Waals surface area contributed by atoms with Gasteiger partial charge in [0.2, 0.25) is 11.8 Å². The first-order valence-electron chi connectivity index (χ1n) is 8.45. The lowest BCUT2D eigenvalue weighted by Gasteiger charge is -2.20. The number of nitrogens with one attached hydrogen (secondary N) is 2. The Morgan fingerprint density at radius 2 is 1.59 bits per heavy atom. The molecule has 0 aliphatic heterocycles. The first-order chi connectivity index (χ1) is 12.7. The van der Waals surface area contributed by atoms with Crippen LogP contribution in [-0.2, 0) is 15.8 Å². The lowest BCUT2D eigenvalue weighted by molar-refractivity contribution is -0.137. The number of hydrogen-bond donors (Lipinski definition) is 2. The van der Waals surface area contributed by atoms with Crippen LogP contribution < -0.4 is 10.6 Å². The molecule has 2 amide bonds. The summed E-state index contributed by atoms with van der Waals surface area (Å²) in [5, 5.41) is 5.41. The average molecular weight is 378 g/mol. The van der Waals surface area contributed by atoms with Crippen LogP contribution in [0.2, 0.25) is 0 Å². The van der Waals surface area contributed by atoms with Crippen molar-refractivity contribution in [2.75, 3.05) is 0 Å². The summed E-state index contributed by atoms with van der Waals surface area (Å²) in [4.78, 5) is 23.8. The van der Waals surface area contributed by atoms with Crippen molar-refractivity contribution >= 4 is 11.8 Å². The van der Waals surface area contributed by atoms with E-state index < -0.39 is 23.8 Å². The van der Waals surface area contributed by atoms with Gasteiger partial charge < -0.3 is 10.6 Å². The van der Waals surface area contributed by atoms with E-state index in [9.17, 15) is 22.8 Å². The van der Waals surface area contributed by atoms with Gasteiger partial charge in [0, 0.05) is 6.92 Å². The Labute approximate surface area is 155 Å². The van der Waals surface area contributed by atoms with E-state index in [1.165, 1.54) is 19.1 Å². The highest BCUT2D eigenvalue weighted by atomic mass is 19.4. The largest absolute Gasteiger partial charge is 0.416 e. The maximum absolute atomic E-state index is 12.8. The molecule has 0 aromatic heterocycles. The predicted octanol–water partition coefficient (Wildman–Crippen LogP) is 4.15. The number of halogens is 3. The molecule has 0 fully saturated rings. The van der Waals surface area contributed by atoms with Crippen LogP contribution in [0.4, 0.5) is 13.2 Å². The molecule has 27 heavy (non-hydrogen) atoms. The van der Waals surface area contributed by atoms with Crippen molar-refractivity contribution in [3.05, 3.63) is 71.3 Å². The Morgan fingerprint density at radius 1 is 0.963 bits per heavy atom. The van der Waals surface area contributed by atoms with Crippen molar-refractivity contribution in [2.24, 2.45) is 0 Å². The summed E-state index contributed by atoms with van der Waals surface area (Å²) >= 11 is 0. The zero-order chi connectivity index (χ0) is 20.0. The zero-order valence-electron chi connectivity index (χ0n) is 15.0. The first kappa shape index (κ1) is 20.5. The molecular formula is C20H21F3N2O2. The normalized spacial score (nSPS) is 13.5. The summed E-state index contributed by atoms with van der Waals surface area (Å²) in [6.07, 6.45) is -4.46. The van der Waals surface area contributed by atoms with Gasteiger partial charge in [-0.25, -0.2) is 0 Å². The van der Waals surface area contributed by atoms with Gasteiger partial charge in [-0.2, -0.15) is 13.2 Å². The van der Waals surface area contributed by atoms with Gasteiger partial charge in [-0.3, -0.25) is 9.59 Å². The van der Waals surface area contributed by atoms with E-state index in [1.54, 1.807) is 31.2 Å². The molecule has 0 saturated heterocycles. The summed E-state index contributed by atoms with van der Waals surface area (Å²) in [5.41, 5.74) is 0.366. The van der Waals surface area contributed by atoms with Crippen molar-refractivity contribution in [1.82, 2.24) is 10.6 Å². The molecule has 2 aromatic carbocycles. The Kier molecular flexibility index (Phi) is 6.60. The van der Waals surface area contributed by atoms with Crippen molar-refractivity contribution in [2.45, 2.75) is 38.5 Å². The molecule has 0 aliphatic rings. The molecule has 2 atom stereocenters. The van der Waals surface area contributed by atoms with Crippen LogP contribution in [0.1, 0.15) is 49.0 Å². The van der Waals surface area contributed by atoms with Gasteiger partial charge in [0.1, 0.15) is 0 Å². The molecule has 144 valence electrons. The third kappa shape index (κ3) is 6.13. The Bertz CT molecular complexity index is 791. The van der Waals surface area contributed by atoms with E-state index in [0.29, 0.717) is 5.56 Å². The summed E-state index contributed by atoms with van der Waals surface area (Å²) in [5.74, 6) is -0.648. The Morgan fingerprint density at radius 3 is 2.19 bits per heavy atom. The first-order valence-corrected chi connectivity index (χ1v) is 8.45. The lowest BCUT2D eigenvalue weighted by atomic mass is 10.0. The molecule has 0 aliphatic carbocycles. The van der Waals surface area contributed by atoms with Crippen LogP contribution in [0.15, 0.2) is 54.6 Å². The zero-order valence-corrected chi connectivity index (χ0v) is 15.0. The van der Waals surface area contributed by atoms with Gasteiger partial charge in [-0.05, 0) is 30.2 Å². The topological polar surface area (TPSA) is 58.2 Å². The lowest BCUT2D eigenvalue weighted by Crippen LogP contribution is -2.33. The van der Waals surface area contributed by atoms with Crippen molar-refractivity contribution in [3.63, 3.8) is 0 Å². The molecule has 2 rings (SSSR count). The van der Waals surface area contributed by atoms with E-state index in [4.69, 9.17) is 0 Å². The summed E-state index contributed by atoms with van der Waals surface area (Å²) < 4.78 is 38.5. The number of hydrogen-bond acceptors (Lipinski definition) is 2. The number of amides is 2. The molecule has 2 aromatic rings. The SMILES string of the molecule is CC(=O)N[C@@H](CC(=O)N[C@H](C)c1cccc(C(F)(F)F)c1)c1ccccc1. The monoisotopic (exact) mass is 378 g/mol. The van der Waals surface area contributed by atoms with Crippen molar-refractivity contribution in [3.8, 4) is 0 Å². The van der Waals surface area contributed by atoms with E-state index in [1.807, 2.05) is 6.07 Å². The van der Waals surface area contributed by atoms with Gasteiger partial charge in [0.25, 0.3) is 0 Å². The summed E-state index contributed by atoms with van der Waals surface area (Å²) in [6.45, 7) is 2.97. The second-order valence-corrected chi connectivity index (χ2v) is 6.28. The number of carbonyl (C=O) groups is 2. The minimum Gasteiger partial charge on any atom is -0.350 e. The van der Waals surface area contributed by atoms with Crippen LogP contribution in [0.25, 0.3) is 0 Å². The minimum atomic E-state index is -4.44. The fourth-order valence-electron chi connectivity index (χ4n) is 2.74. The molecule has 0 spiro atoms. The van der Waals surface area contributed by atoms with Gasteiger partial charge in [0.05, 0.1) is 24.1 Å². The van der Waals surface area contributed by atoms with Crippen LogP contribution in [0.3, 0.4) is 0 Å². The maximum atomic E-state index is 12.8. The highest BCUT2D eigenvalue weighted by molar-refractivity contribution is 5.79. The second-order valence-electron chi connectivity index (χ2n) is 6.28. The van der Waals surface area contributed by atoms with E-state index in [-0.39, 0.29) is 18.2 Å². The van der Waals surface area contributed by atoms with Crippen LogP contribution in [0, 0.1) is 0 Å². The van der Waals surface area contributed by atoms with Crippen LogP contribution in [-0.4, -0.2) is 11.8 Å². The Balaban J connectivity index is 2.08. The summed E-state index contributed by atoms with van der Waals surface area (Å²) in [6, 6.07) is 12.7. The second kappa shape index (κ2) is 8.70. The van der Waals surface area contributed by atoms with Crippen molar-refractivity contribution in [1.29, 1.82) is 0 Å². The Hall–Kier alpha value is -2.83. The predicted molar refractivity (Wildman–Crippen MR) is 95.6 cm³/mol. The molecule has 0 saturated carbocycles. The van der Waals surface area contributed by atoms with E-state index in [0.717, 1.165) is 17.7 Å². The highest BCUT2D eigenvalue weighted by Gasteiger charge is 2.30. The number of carbonyl (C=O) groups excluding carboxylic acids is 2. The minimum absolute atomic E-state index is 0.0209. The number of rotatable bonds is 6. The molecule has 4 nitrogen and oxygen atoms in total. The average Bonchev–Trinajstić information content (AvgIpc) is 2.61. The highest BCUT2D eigenvalue weighted by Crippen LogP contribution is 2.30. The number of alkyl halides is 3. The summed E-state index contributed by atoms with van der Waals surface area (Å²) in [7, 11) is 0. The standard InChI is InChI=1S/C20H21F3N2O2/c1-13(16-9-6-10-17(11-16)20(21,22)23)24-19(27)12-18(25-14(2)26)15-7-4-3-5-8-15/h3-11,13,18H,12H2,1-2H3,(H,24,27)(H,25,26)/t13-,18+/m1/s1. The molecule has 0 radical (unpaired) electrons. The van der Waals surface area contributed by atoms with Gasteiger partial charge in [0.15, 0.2) is 0 Å². The fraction of sp³-hybridized carbons (Fsp3) is 0.300. The number of benzene rings is 2. The molecule has 7 heteroatoms. The van der Waals surface area contributed by atoms with Gasteiger partial charge in [-0.1, -0.05) is 42.5 Å². The van der Waals surface area contributed by atoms with Crippen LogP contribution in [0.5, 0.6) is 0 Å². The smallest absolute Gasteiger partial charge is 0.350 e. The third-order valence-corrected chi connectivity index (χ3v) is 4.06. The third-order valence-electron chi connectivity index (χ3n) is 4.06. The molecule has 0 unspecified atom stereocenters. The molecule has 0 heterocycles. The maximum Gasteiger partial charge on any atom is 0.416 e. The molecule has 2 N–H and O–H groups in total. The fourth-order valence-corrected chi connectivity index (χ4v) is 2.74. The van der Waals surface area contributed by atoms with Gasteiger partial charge >= 0.3 is 6.18 Å². The quantitative estimate of drug-likeness (QED) is 0.793.